The maximum absolute atomic E-state index is 3.63. The summed E-state index contributed by atoms with van der Waals surface area (Å²) in [5, 5.41) is 4.47. The molecule has 1 aliphatic heterocycles. The zero-order valence-corrected chi connectivity index (χ0v) is 13.4. The van der Waals surface area contributed by atoms with Gasteiger partial charge in [-0.2, -0.15) is 11.8 Å². The number of nitrogens with one attached hydrogen (secondary N) is 1. The van der Waals surface area contributed by atoms with Crippen LogP contribution in [0.3, 0.4) is 0 Å². The highest BCUT2D eigenvalue weighted by molar-refractivity contribution is 8.00. The van der Waals surface area contributed by atoms with Crippen LogP contribution in [0.15, 0.2) is 24.3 Å². The van der Waals surface area contributed by atoms with Gasteiger partial charge >= 0.3 is 0 Å². The minimum Gasteiger partial charge on any atom is -0.316 e. The van der Waals surface area contributed by atoms with Gasteiger partial charge in [0, 0.05) is 11.3 Å². The smallest absolute Gasteiger partial charge is 0.0201 e. The molecule has 3 rings (SSSR count). The SMILES string of the molecule is CNC(CC1CCCc2ccccc21)C1CCCCS1. The van der Waals surface area contributed by atoms with Crippen molar-refractivity contribution in [2.24, 2.45) is 0 Å². The van der Waals surface area contributed by atoms with Crippen molar-refractivity contribution in [3.8, 4) is 0 Å². The lowest BCUT2D eigenvalue weighted by atomic mass is 9.79. The largest absolute Gasteiger partial charge is 0.316 e. The second-order valence-corrected chi connectivity index (χ2v) is 7.67. The monoisotopic (exact) mass is 289 g/mol. The first kappa shape index (κ1) is 14.5. The Balaban J connectivity index is 1.70. The van der Waals surface area contributed by atoms with E-state index in [-0.39, 0.29) is 0 Å². The number of thioether (sulfide) groups is 1. The zero-order chi connectivity index (χ0) is 13.8. The lowest BCUT2D eigenvalue weighted by Gasteiger charge is -2.34. The summed E-state index contributed by atoms with van der Waals surface area (Å²) in [6.45, 7) is 0. The maximum atomic E-state index is 3.63. The van der Waals surface area contributed by atoms with E-state index in [1.165, 1.54) is 50.7 Å². The van der Waals surface area contributed by atoms with E-state index in [0.29, 0.717) is 6.04 Å². The highest BCUT2D eigenvalue weighted by atomic mass is 32.2. The van der Waals surface area contributed by atoms with Gasteiger partial charge in [-0.15, -0.1) is 0 Å². The Kier molecular flexibility index (Phi) is 5.06. The second kappa shape index (κ2) is 7.00. The first-order chi connectivity index (χ1) is 9.88. The molecule has 0 aromatic heterocycles. The molecule has 0 radical (unpaired) electrons. The molecular formula is C18H27NS. The number of aryl methyl sites for hydroxylation is 1. The first-order valence-corrected chi connectivity index (χ1v) is 9.30. The van der Waals surface area contributed by atoms with Crippen LogP contribution in [0.25, 0.3) is 0 Å². The fraction of sp³-hybridized carbons (Fsp3) is 0.667. The molecule has 1 heterocycles. The molecule has 1 fully saturated rings. The molecule has 1 N–H and O–H groups in total. The van der Waals surface area contributed by atoms with Gasteiger partial charge in [-0.05, 0) is 68.4 Å². The molecule has 2 heteroatoms. The Hall–Kier alpha value is -0.470. The number of hydrogen-bond acceptors (Lipinski definition) is 2. The van der Waals surface area contributed by atoms with E-state index in [9.17, 15) is 0 Å². The number of benzene rings is 1. The fourth-order valence-corrected chi connectivity index (χ4v) is 5.43. The highest BCUT2D eigenvalue weighted by Gasteiger charge is 2.28. The van der Waals surface area contributed by atoms with Gasteiger partial charge in [0.2, 0.25) is 0 Å². The molecular weight excluding hydrogens is 262 g/mol. The molecule has 3 atom stereocenters. The van der Waals surface area contributed by atoms with Crippen LogP contribution in [0.4, 0.5) is 0 Å². The first-order valence-electron chi connectivity index (χ1n) is 8.25. The van der Waals surface area contributed by atoms with E-state index in [1.807, 2.05) is 0 Å². The molecule has 0 saturated carbocycles. The second-order valence-electron chi connectivity index (χ2n) is 6.32. The molecule has 0 bridgehead atoms. The van der Waals surface area contributed by atoms with Crippen molar-refractivity contribution < 1.29 is 0 Å². The Morgan fingerprint density at radius 2 is 2.10 bits per heavy atom. The van der Waals surface area contributed by atoms with Crippen molar-refractivity contribution in [2.45, 2.75) is 62.2 Å². The van der Waals surface area contributed by atoms with Crippen LogP contribution < -0.4 is 5.32 Å². The van der Waals surface area contributed by atoms with E-state index >= 15 is 0 Å². The fourth-order valence-electron chi connectivity index (χ4n) is 3.94. The third-order valence-electron chi connectivity index (χ3n) is 5.07. The van der Waals surface area contributed by atoms with E-state index < -0.39 is 0 Å². The summed E-state index contributed by atoms with van der Waals surface area (Å²) < 4.78 is 0. The predicted octanol–water partition coefficient (Wildman–Crippen LogP) is 4.37. The van der Waals surface area contributed by atoms with Crippen LogP contribution in [0, 0.1) is 0 Å². The summed E-state index contributed by atoms with van der Waals surface area (Å²) in [5.41, 5.74) is 3.25. The molecule has 20 heavy (non-hydrogen) atoms. The molecule has 0 spiro atoms. The van der Waals surface area contributed by atoms with E-state index in [0.717, 1.165) is 11.2 Å². The zero-order valence-electron chi connectivity index (χ0n) is 12.6. The molecule has 2 aliphatic rings. The molecule has 1 aromatic carbocycles. The number of rotatable bonds is 4. The van der Waals surface area contributed by atoms with E-state index in [1.54, 1.807) is 11.1 Å². The Morgan fingerprint density at radius 3 is 2.90 bits per heavy atom. The van der Waals surface area contributed by atoms with E-state index in [2.05, 4.69) is 48.4 Å². The van der Waals surface area contributed by atoms with Crippen molar-refractivity contribution >= 4 is 11.8 Å². The third-order valence-corrected chi connectivity index (χ3v) is 6.58. The summed E-state index contributed by atoms with van der Waals surface area (Å²) in [4.78, 5) is 0. The van der Waals surface area contributed by atoms with Gasteiger partial charge in [0.1, 0.15) is 0 Å². The molecule has 1 nitrogen and oxygen atoms in total. The van der Waals surface area contributed by atoms with Crippen molar-refractivity contribution in [1.82, 2.24) is 5.32 Å². The van der Waals surface area contributed by atoms with Crippen molar-refractivity contribution in [3.63, 3.8) is 0 Å². The average molecular weight is 289 g/mol. The summed E-state index contributed by atoms with van der Waals surface area (Å²) in [7, 11) is 2.16. The van der Waals surface area contributed by atoms with E-state index in [4.69, 9.17) is 0 Å². The van der Waals surface area contributed by atoms with Crippen LogP contribution in [0.1, 0.15) is 55.6 Å². The van der Waals surface area contributed by atoms with Crippen molar-refractivity contribution in [2.75, 3.05) is 12.8 Å². The van der Waals surface area contributed by atoms with Gasteiger partial charge in [0.25, 0.3) is 0 Å². The van der Waals surface area contributed by atoms with Crippen LogP contribution in [-0.2, 0) is 6.42 Å². The summed E-state index contributed by atoms with van der Waals surface area (Å²) in [6, 6.07) is 9.83. The molecule has 1 aliphatic carbocycles. The molecule has 1 saturated heterocycles. The van der Waals surface area contributed by atoms with Crippen LogP contribution in [-0.4, -0.2) is 24.1 Å². The minimum atomic E-state index is 0.691. The van der Waals surface area contributed by atoms with Gasteiger partial charge in [0.15, 0.2) is 0 Å². The van der Waals surface area contributed by atoms with Gasteiger partial charge in [-0.1, -0.05) is 30.7 Å². The summed E-state index contributed by atoms with van der Waals surface area (Å²) in [5.74, 6) is 2.14. The lowest BCUT2D eigenvalue weighted by Crippen LogP contribution is -2.38. The van der Waals surface area contributed by atoms with Crippen molar-refractivity contribution in [1.29, 1.82) is 0 Å². The van der Waals surface area contributed by atoms with Gasteiger partial charge in [0.05, 0.1) is 0 Å². The molecule has 3 unspecified atom stereocenters. The average Bonchev–Trinajstić information content (AvgIpc) is 2.53. The van der Waals surface area contributed by atoms with Crippen LogP contribution >= 0.6 is 11.8 Å². The number of hydrogen-bond donors (Lipinski definition) is 1. The Morgan fingerprint density at radius 1 is 1.20 bits per heavy atom. The summed E-state index contributed by atoms with van der Waals surface area (Å²) >= 11 is 2.20. The minimum absolute atomic E-state index is 0.691. The summed E-state index contributed by atoms with van der Waals surface area (Å²) in [6.07, 6.45) is 9.62. The normalized spacial score (nSPS) is 27.9. The maximum Gasteiger partial charge on any atom is 0.0201 e. The molecule has 1 aromatic rings. The predicted molar refractivity (Wildman–Crippen MR) is 89.7 cm³/mol. The quantitative estimate of drug-likeness (QED) is 0.883. The standard InChI is InChI=1S/C18H27NS/c1-19-17(18-11-4-5-12-20-18)13-15-9-6-8-14-7-2-3-10-16(14)15/h2-3,7,10,15,17-19H,4-6,8-9,11-13H2,1H3. The van der Waals surface area contributed by atoms with Gasteiger partial charge in [-0.25, -0.2) is 0 Å². The van der Waals surface area contributed by atoms with Crippen molar-refractivity contribution in [3.05, 3.63) is 35.4 Å². The Bertz CT molecular complexity index is 425. The topological polar surface area (TPSA) is 12.0 Å². The lowest BCUT2D eigenvalue weighted by molar-refractivity contribution is 0.406. The Labute approximate surface area is 127 Å². The van der Waals surface area contributed by atoms with Crippen LogP contribution in [0.5, 0.6) is 0 Å². The van der Waals surface area contributed by atoms with Crippen LogP contribution in [0.2, 0.25) is 0 Å². The molecule has 110 valence electrons. The number of fused-ring (bicyclic) bond motifs is 1. The highest BCUT2D eigenvalue weighted by Crippen LogP contribution is 2.37. The van der Waals surface area contributed by atoms with Gasteiger partial charge in [-0.3, -0.25) is 0 Å². The molecule has 0 amide bonds. The van der Waals surface area contributed by atoms with Gasteiger partial charge < -0.3 is 5.32 Å². The third kappa shape index (κ3) is 3.23.